The van der Waals surface area contributed by atoms with Crippen molar-refractivity contribution < 1.29 is 17.9 Å². The average molecular weight is 416 g/mol. The van der Waals surface area contributed by atoms with Gasteiger partial charge in [0.25, 0.3) is 0 Å². The molecule has 0 atom stereocenters. The van der Waals surface area contributed by atoms with E-state index in [0.29, 0.717) is 31.7 Å². The smallest absolute Gasteiger partial charge is 0.243 e. The van der Waals surface area contributed by atoms with Crippen LogP contribution in [0.1, 0.15) is 24.0 Å². The van der Waals surface area contributed by atoms with Crippen molar-refractivity contribution in [1.29, 1.82) is 0 Å². The zero-order valence-corrected chi connectivity index (χ0v) is 17.4. The maximum atomic E-state index is 12.7. The largest absolute Gasteiger partial charge is 0.497 e. The molecule has 2 aromatic rings. The van der Waals surface area contributed by atoms with Crippen LogP contribution in [0.3, 0.4) is 0 Å². The van der Waals surface area contributed by atoms with Gasteiger partial charge in [-0.15, -0.1) is 0 Å². The maximum absolute atomic E-state index is 12.7. The number of piperidine rings is 1. The molecule has 0 spiro atoms. The quantitative estimate of drug-likeness (QED) is 0.580. The Morgan fingerprint density at radius 2 is 1.86 bits per heavy atom. The number of hydrazone groups is 1. The topological polar surface area (TPSA) is 88.1 Å². The van der Waals surface area contributed by atoms with Crippen molar-refractivity contribution in [2.75, 3.05) is 20.2 Å². The molecule has 8 heteroatoms. The van der Waals surface area contributed by atoms with E-state index >= 15 is 0 Å². The number of nitrogens with zero attached hydrogens (tertiary/aromatic N) is 2. The molecule has 154 valence electrons. The molecule has 0 radical (unpaired) electrons. The third kappa shape index (κ3) is 5.21. The van der Waals surface area contributed by atoms with Gasteiger partial charge in [0, 0.05) is 19.0 Å². The fourth-order valence-corrected chi connectivity index (χ4v) is 4.67. The highest BCUT2D eigenvalue weighted by Gasteiger charge is 2.31. The summed E-state index contributed by atoms with van der Waals surface area (Å²) in [6.45, 7) is 2.54. The van der Waals surface area contributed by atoms with Gasteiger partial charge in [-0.3, -0.25) is 4.79 Å². The van der Waals surface area contributed by atoms with Crippen LogP contribution < -0.4 is 10.2 Å². The molecule has 1 amide bonds. The molecule has 1 saturated heterocycles. The summed E-state index contributed by atoms with van der Waals surface area (Å²) < 4.78 is 32.1. The van der Waals surface area contributed by atoms with Crippen molar-refractivity contribution in [1.82, 2.24) is 9.73 Å². The number of methoxy groups -OCH3 is 1. The lowest BCUT2D eigenvalue weighted by Crippen LogP contribution is -2.42. The van der Waals surface area contributed by atoms with Crippen LogP contribution in [0, 0.1) is 12.8 Å². The van der Waals surface area contributed by atoms with Crippen LogP contribution in [-0.2, 0) is 14.8 Å². The monoisotopic (exact) mass is 415 g/mol. The number of ether oxygens (including phenoxy) is 1. The van der Waals surface area contributed by atoms with Crippen LogP contribution in [0.4, 0.5) is 0 Å². The Balaban J connectivity index is 1.54. The molecule has 29 heavy (non-hydrogen) atoms. The first-order valence-corrected chi connectivity index (χ1v) is 10.9. The van der Waals surface area contributed by atoms with E-state index in [-0.39, 0.29) is 16.7 Å². The summed E-state index contributed by atoms with van der Waals surface area (Å²) in [7, 11) is -1.94. The Morgan fingerprint density at radius 1 is 1.17 bits per heavy atom. The number of hydrogen-bond donors (Lipinski definition) is 1. The lowest BCUT2D eigenvalue weighted by molar-refractivity contribution is -0.126. The van der Waals surface area contributed by atoms with Crippen molar-refractivity contribution in [3.05, 3.63) is 59.7 Å². The van der Waals surface area contributed by atoms with Crippen LogP contribution in [0.2, 0.25) is 0 Å². The zero-order chi connectivity index (χ0) is 20.9. The van der Waals surface area contributed by atoms with Crippen LogP contribution in [0.5, 0.6) is 5.75 Å². The van der Waals surface area contributed by atoms with Gasteiger partial charge in [-0.05, 0) is 49.6 Å². The van der Waals surface area contributed by atoms with Crippen molar-refractivity contribution in [3.8, 4) is 5.75 Å². The molecule has 1 heterocycles. The summed E-state index contributed by atoms with van der Waals surface area (Å²) in [5, 5.41) is 4.00. The minimum atomic E-state index is -3.53. The number of rotatable bonds is 6. The van der Waals surface area contributed by atoms with Crippen molar-refractivity contribution in [3.63, 3.8) is 0 Å². The standard InChI is InChI=1S/C21H25N3O4S/c1-16-6-8-20(9-7-16)29(26,27)24-12-10-18(11-13-24)21(25)23-22-15-17-4-3-5-19(14-17)28-2/h3-9,14-15,18H,10-13H2,1-2H3,(H,23,25). The summed E-state index contributed by atoms with van der Waals surface area (Å²) in [6, 6.07) is 14.1. The molecule has 0 bridgehead atoms. The molecule has 0 saturated carbocycles. The van der Waals surface area contributed by atoms with E-state index in [4.69, 9.17) is 4.74 Å². The molecule has 0 unspecified atom stereocenters. The maximum Gasteiger partial charge on any atom is 0.243 e. The second kappa shape index (κ2) is 9.19. The van der Waals surface area contributed by atoms with E-state index in [1.807, 2.05) is 31.2 Å². The molecular formula is C21H25N3O4S. The van der Waals surface area contributed by atoms with Crippen LogP contribution in [-0.4, -0.2) is 45.0 Å². The second-order valence-electron chi connectivity index (χ2n) is 7.00. The molecule has 0 aliphatic carbocycles. The Morgan fingerprint density at radius 3 is 2.52 bits per heavy atom. The lowest BCUT2D eigenvalue weighted by atomic mass is 9.98. The number of hydrogen-bond acceptors (Lipinski definition) is 5. The van der Waals surface area contributed by atoms with Crippen molar-refractivity contribution >= 4 is 22.1 Å². The highest BCUT2D eigenvalue weighted by Crippen LogP contribution is 2.24. The highest BCUT2D eigenvalue weighted by atomic mass is 32.2. The number of sulfonamides is 1. The first kappa shape index (κ1) is 21.0. The average Bonchev–Trinajstić information content (AvgIpc) is 2.74. The third-order valence-corrected chi connectivity index (χ3v) is 6.88. The number of amides is 1. The molecular weight excluding hydrogens is 390 g/mol. The van der Waals surface area contributed by atoms with Gasteiger partial charge in [-0.1, -0.05) is 29.8 Å². The summed E-state index contributed by atoms with van der Waals surface area (Å²) >= 11 is 0. The van der Waals surface area contributed by atoms with Gasteiger partial charge in [-0.2, -0.15) is 9.41 Å². The minimum Gasteiger partial charge on any atom is -0.497 e. The van der Waals surface area contributed by atoms with Gasteiger partial charge in [0.05, 0.1) is 18.2 Å². The van der Waals surface area contributed by atoms with E-state index in [0.717, 1.165) is 11.1 Å². The van der Waals surface area contributed by atoms with Crippen molar-refractivity contribution in [2.24, 2.45) is 11.0 Å². The molecule has 1 N–H and O–H groups in total. The van der Waals surface area contributed by atoms with Crippen molar-refractivity contribution in [2.45, 2.75) is 24.7 Å². The summed E-state index contributed by atoms with van der Waals surface area (Å²) in [6.07, 6.45) is 2.48. The first-order chi connectivity index (χ1) is 13.9. The summed E-state index contributed by atoms with van der Waals surface area (Å²) in [4.78, 5) is 12.6. The Hall–Kier alpha value is -2.71. The fourth-order valence-electron chi connectivity index (χ4n) is 3.20. The Bertz CT molecular complexity index is 979. The predicted molar refractivity (Wildman–Crippen MR) is 111 cm³/mol. The van der Waals surface area contributed by atoms with E-state index in [1.165, 1.54) is 4.31 Å². The summed E-state index contributed by atoms with van der Waals surface area (Å²) in [5.74, 6) is 0.251. The van der Waals surface area contributed by atoms with Gasteiger partial charge >= 0.3 is 0 Å². The highest BCUT2D eigenvalue weighted by molar-refractivity contribution is 7.89. The van der Waals surface area contributed by atoms with Gasteiger partial charge in [0.1, 0.15) is 5.75 Å². The molecule has 1 aliphatic heterocycles. The molecule has 1 aliphatic rings. The van der Waals surface area contributed by atoms with Gasteiger partial charge in [0.15, 0.2) is 0 Å². The molecule has 7 nitrogen and oxygen atoms in total. The third-order valence-electron chi connectivity index (χ3n) is 4.97. The van der Waals surface area contributed by atoms with Crippen LogP contribution >= 0.6 is 0 Å². The normalized spacial score (nSPS) is 16.1. The predicted octanol–water partition coefficient (Wildman–Crippen LogP) is 2.55. The SMILES string of the molecule is COc1cccc(C=NNC(=O)C2CCN(S(=O)(=O)c3ccc(C)cc3)CC2)c1. The van der Waals surface area contributed by atoms with E-state index < -0.39 is 10.0 Å². The van der Waals surface area contributed by atoms with E-state index in [9.17, 15) is 13.2 Å². The van der Waals surface area contributed by atoms with Crippen LogP contribution in [0.25, 0.3) is 0 Å². The number of nitrogens with one attached hydrogen (secondary N) is 1. The Labute approximate surface area is 171 Å². The Kier molecular flexibility index (Phi) is 6.66. The van der Waals surface area contributed by atoms with Crippen LogP contribution in [0.15, 0.2) is 58.5 Å². The van der Waals surface area contributed by atoms with E-state index in [2.05, 4.69) is 10.5 Å². The molecule has 3 rings (SSSR count). The zero-order valence-electron chi connectivity index (χ0n) is 16.5. The number of carbonyl (C=O) groups excluding carboxylic acids is 1. The molecule has 0 aromatic heterocycles. The van der Waals surface area contributed by atoms with E-state index in [1.54, 1.807) is 37.6 Å². The fraction of sp³-hybridized carbons (Fsp3) is 0.333. The number of carbonyl (C=O) groups is 1. The first-order valence-electron chi connectivity index (χ1n) is 9.44. The molecule has 1 fully saturated rings. The minimum absolute atomic E-state index is 0.198. The van der Waals surface area contributed by atoms with Gasteiger partial charge < -0.3 is 4.74 Å². The summed E-state index contributed by atoms with van der Waals surface area (Å²) in [5.41, 5.74) is 4.37. The second-order valence-corrected chi connectivity index (χ2v) is 8.94. The number of aryl methyl sites for hydroxylation is 1. The lowest BCUT2D eigenvalue weighted by Gasteiger charge is -2.30. The molecule has 2 aromatic carbocycles. The van der Waals surface area contributed by atoms with Gasteiger partial charge in [-0.25, -0.2) is 13.8 Å². The number of benzene rings is 2. The van der Waals surface area contributed by atoms with Gasteiger partial charge in [0.2, 0.25) is 15.9 Å².